The molecule has 0 fully saturated rings. The van der Waals surface area contributed by atoms with Crippen molar-refractivity contribution in [3.8, 4) is 5.75 Å². The molecule has 0 saturated carbocycles. The smallest absolute Gasteiger partial charge is 0.128 e. The van der Waals surface area contributed by atoms with Crippen LogP contribution in [-0.4, -0.2) is 13.2 Å². The summed E-state index contributed by atoms with van der Waals surface area (Å²) in [6.07, 6.45) is 0.0937. The molecule has 1 unspecified atom stereocenters. The van der Waals surface area contributed by atoms with E-state index in [0.717, 1.165) is 11.3 Å². The van der Waals surface area contributed by atoms with Crippen molar-refractivity contribution in [1.29, 1.82) is 0 Å². The fourth-order valence-corrected chi connectivity index (χ4v) is 2.46. The van der Waals surface area contributed by atoms with Gasteiger partial charge < -0.3 is 10.1 Å². The Kier molecular flexibility index (Phi) is 5.21. The van der Waals surface area contributed by atoms with Crippen molar-refractivity contribution >= 4 is 11.6 Å². The van der Waals surface area contributed by atoms with E-state index in [2.05, 4.69) is 5.32 Å². The Balaban J connectivity index is 2.39. The van der Waals surface area contributed by atoms with E-state index < -0.39 is 0 Å². The minimum atomic E-state index is -0.283. The third-order valence-electron chi connectivity index (χ3n) is 3.12. The average Bonchev–Trinajstić information content (AvgIpc) is 2.43. The normalized spacial score (nSPS) is 12.5. The van der Waals surface area contributed by atoms with Crippen LogP contribution in [0.15, 0.2) is 42.5 Å². The molecule has 21 heavy (non-hydrogen) atoms. The van der Waals surface area contributed by atoms with Crippen molar-refractivity contribution in [3.05, 3.63) is 64.4 Å². The van der Waals surface area contributed by atoms with Crippen LogP contribution in [0.25, 0.3) is 0 Å². The second-order valence-corrected chi connectivity index (χ2v) is 5.56. The number of hydrogen-bond acceptors (Lipinski definition) is 2. The van der Waals surface area contributed by atoms with Crippen LogP contribution < -0.4 is 10.1 Å². The van der Waals surface area contributed by atoms with E-state index in [1.165, 1.54) is 6.07 Å². The van der Waals surface area contributed by atoms with Crippen LogP contribution in [0.2, 0.25) is 5.02 Å². The lowest BCUT2D eigenvalue weighted by Gasteiger charge is -2.19. The molecule has 0 saturated heterocycles. The van der Waals surface area contributed by atoms with Gasteiger partial charge in [-0.15, -0.1) is 0 Å². The van der Waals surface area contributed by atoms with Crippen LogP contribution in [0.5, 0.6) is 5.75 Å². The number of ether oxygens (including phenoxy) is 1. The molecule has 0 aromatic heterocycles. The molecule has 4 heteroatoms. The maximum Gasteiger partial charge on any atom is 0.128 e. The maximum absolute atomic E-state index is 14.1. The highest BCUT2D eigenvalue weighted by Gasteiger charge is 2.17. The summed E-state index contributed by atoms with van der Waals surface area (Å²) in [6, 6.07) is 12.0. The molecule has 0 amide bonds. The van der Waals surface area contributed by atoms with E-state index in [4.69, 9.17) is 16.3 Å². The summed E-state index contributed by atoms with van der Waals surface area (Å²) >= 11 is 5.99. The van der Waals surface area contributed by atoms with E-state index in [1.807, 2.05) is 38.1 Å². The monoisotopic (exact) mass is 307 g/mol. The largest absolute Gasteiger partial charge is 0.491 e. The Morgan fingerprint density at radius 1 is 1.14 bits per heavy atom. The predicted octanol–water partition coefficient (Wildman–Crippen LogP) is 4.58. The zero-order valence-electron chi connectivity index (χ0n) is 12.4. The van der Waals surface area contributed by atoms with Gasteiger partial charge in [0, 0.05) is 10.6 Å². The summed E-state index contributed by atoms with van der Waals surface area (Å²) in [5.74, 6) is 0.485. The molecule has 2 aromatic rings. The quantitative estimate of drug-likeness (QED) is 0.873. The first-order valence-electron chi connectivity index (χ1n) is 6.90. The molecule has 0 spiro atoms. The van der Waals surface area contributed by atoms with Gasteiger partial charge in [0.05, 0.1) is 12.1 Å². The number of halogens is 2. The summed E-state index contributed by atoms with van der Waals surface area (Å²) in [4.78, 5) is 0. The lowest BCUT2D eigenvalue weighted by Crippen LogP contribution is -2.19. The van der Waals surface area contributed by atoms with E-state index >= 15 is 0 Å². The van der Waals surface area contributed by atoms with Crippen LogP contribution in [-0.2, 0) is 0 Å². The van der Waals surface area contributed by atoms with Crippen molar-refractivity contribution in [2.75, 3.05) is 7.05 Å². The Bertz CT molecular complexity index is 615. The molecule has 0 bridgehead atoms. The van der Waals surface area contributed by atoms with Gasteiger partial charge in [-0.2, -0.15) is 0 Å². The number of benzene rings is 2. The van der Waals surface area contributed by atoms with Crippen molar-refractivity contribution in [2.24, 2.45) is 0 Å². The lowest BCUT2D eigenvalue weighted by molar-refractivity contribution is 0.242. The molecule has 2 nitrogen and oxygen atoms in total. The van der Waals surface area contributed by atoms with Crippen molar-refractivity contribution in [1.82, 2.24) is 5.32 Å². The fourth-order valence-electron chi connectivity index (χ4n) is 2.28. The zero-order chi connectivity index (χ0) is 15.4. The van der Waals surface area contributed by atoms with Crippen LogP contribution >= 0.6 is 11.6 Å². The van der Waals surface area contributed by atoms with Crippen molar-refractivity contribution in [3.63, 3.8) is 0 Å². The first-order chi connectivity index (χ1) is 10.0. The fraction of sp³-hybridized carbons (Fsp3) is 0.294. The molecule has 112 valence electrons. The van der Waals surface area contributed by atoms with Gasteiger partial charge in [0.15, 0.2) is 0 Å². The number of hydrogen-bond donors (Lipinski definition) is 1. The maximum atomic E-state index is 14.1. The predicted molar refractivity (Wildman–Crippen MR) is 84.5 cm³/mol. The minimum Gasteiger partial charge on any atom is -0.491 e. The van der Waals surface area contributed by atoms with Gasteiger partial charge in [0.25, 0.3) is 0 Å². The molecule has 1 atom stereocenters. The average molecular weight is 308 g/mol. The summed E-state index contributed by atoms with van der Waals surface area (Å²) in [6.45, 7) is 3.94. The Morgan fingerprint density at radius 3 is 2.57 bits per heavy atom. The third kappa shape index (κ3) is 3.96. The Morgan fingerprint density at radius 2 is 1.90 bits per heavy atom. The van der Waals surface area contributed by atoms with E-state index in [1.54, 1.807) is 19.2 Å². The van der Waals surface area contributed by atoms with Gasteiger partial charge >= 0.3 is 0 Å². The highest BCUT2D eigenvalue weighted by Crippen LogP contribution is 2.29. The van der Waals surface area contributed by atoms with Crippen LogP contribution in [0, 0.1) is 5.82 Å². The summed E-state index contributed by atoms with van der Waals surface area (Å²) in [7, 11) is 1.79. The minimum absolute atomic E-state index is 0.0937. The van der Waals surface area contributed by atoms with Gasteiger partial charge in [0.1, 0.15) is 11.6 Å². The molecule has 0 aliphatic heterocycles. The van der Waals surface area contributed by atoms with Crippen molar-refractivity contribution < 1.29 is 9.13 Å². The van der Waals surface area contributed by atoms with Crippen LogP contribution in [0.4, 0.5) is 4.39 Å². The number of rotatable bonds is 5. The topological polar surface area (TPSA) is 21.3 Å². The lowest BCUT2D eigenvalue weighted by atomic mass is 9.98. The molecule has 2 rings (SSSR count). The molecular formula is C17H19ClFNO. The van der Waals surface area contributed by atoms with Gasteiger partial charge in [-0.25, -0.2) is 4.39 Å². The summed E-state index contributed by atoms with van der Waals surface area (Å²) < 4.78 is 19.8. The summed E-state index contributed by atoms with van der Waals surface area (Å²) in [5.41, 5.74) is 1.45. The van der Waals surface area contributed by atoms with Crippen molar-refractivity contribution in [2.45, 2.75) is 26.0 Å². The molecule has 0 heterocycles. The van der Waals surface area contributed by atoms with E-state index in [9.17, 15) is 4.39 Å². The SMILES string of the molecule is CNC(c1cccc(OC(C)C)c1)c1cc(Cl)ccc1F. The molecule has 2 aromatic carbocycles. The molecule has 1 N–H and O–H groups in total. The summed E-state index contributed by atoms with van der Waals surface area (Å²) in [5, 5.41) is 3.64. The highest BCUT2D eigenvalue weighted by atomic mass is 35.5. The van der Waals surface area contributed by atoms with Gasteiger partial charge in [0.2, 0.25) is 0 Å². The molecular weight excluding hydrogens is 289 g/mol. The molecule has 0 aliphatic rings. The Hall–Kier alpha value is -1.58. The Labute approximate surface area is 129 Å². The van der Waals surface area contributed by atoms with Gasteiger partial charge in [-0.1, -0.05) is 23.7 Å². The highest BCUT2D eigenvalue weighted by molar-refractivity contribution is 6.30. The third-order valence-corrected chi connectivity index (χ3v) is 3.36. The standard InChI is InChI=1S/C17H19ClFNO/c1-11(2)21-14-6-4-5-12(9-14)17(20-3)15-10-13(18)7-8-16(15)19/h4-11,17,20H,1-3H3. The first kappa shape index (κ1) is 15.8. The number of nitrogens with one attached hydrogen (secondary N) is 1. The second kappa shape index (κ2) is 6.92. The van der Waals surface area contributed by atoms with E-state index in [-0.39, 0.29) is 18.0 Å². The molecule has 0 aliphatic carbocycles. The zero-order valence-corrected chi connectivity index (χ0v) is 13.1. The molecule has 0 radical (unpaired) electrons. The van der Waals surface area contributed by atoms with Gasteiger partial charge in [-0.3, -0.25) is 0 Å². The second-order valence-electron chi connectivity index (χ2n) is 5.13. The van der Waals surface area contributed by atoms with E-state index in [0.29, 0.717) is 10.6 Å². The van der Waals surface area contributed by atoms with Crippen LogP contribution in [0.3, 0.4) is 0 Å². The van der Waals surface area contributed by atoms with Gasteiger partial charge in [-0.05, 0) is 56.8 Å². The van der Waals surface area contributed by atoms with Crippen LogP contribution in [0.1, 0.15) is 31.0 Å². The first-order valence-corrected chi connectivity index (χ1v) is 7.28.